The topological polar surface area (TPSA) is 55.1 Å². The van der Waals surface area contributed by atoms with Crippen molar-refractivity contribution in [3.05, 3.63) is 46.1 Å². The predicted molar refractivity (Wildman–Crippen MR) is 65.3 cm³/mol. The van der Waals surface area contributed by atoms with Gasteiger partial charge >= 0.3 is 0 Å². The van der Waals surface area contributed by atoms with Gasteiger partial charge in [0.05, 0.1) is 16.4 Å². The maximum atomic E-state index is 13.6. The second-order valence-corrected chi connectivity index (χ2v) is 4.16. The molecule has 0 radical (unpaired) electrons. The van der Waals surface area contributed by atoms with Gasteiger partial charge in [0, 0.05) is 0 Å². The number of aryl methyl sites for hydroxylation is 2. The molecule has 0 saturated carbocycles. The summed E-state index contributed by atoms with van der Waals surface area (Å²) in [5, 5.41) is 6.05. The van der Waals surface area contributed by atoms with E-state index < -0.39 is 11.7 Å². The van der Waals surface area contributed by atoms with Gasteiger partial charge < -0.3 is 9.84 Å². The first-order valence-electron chi connectivity index (χ1n) is 5.19. The van der Waals surface area contributed by atoms with Crippen LogP contribution in [0, 0.1) is 19.7 Å². The standard InChI is InChI=1S/C12H10ClFN2O2/c1-6-10(7(2)18-16-6)12(17)15-9-5-3-4-8(13)11(9)14/h3-5H,1-2H3,(H,15,17). The fourth-order valence-corrected chi connectivity index (χ4v) is 1.77. The zero-order valence-corrected chi connectivity index (χ0v) is 10.5. The van der Waals surface area contributed by atoms with E-state index >= 15 is 0 Å². The van der Waals surface area contributed by atoms with E-state index in [0.717, 1.165) is 0 Å². The molecule has 0 spiro atoms. The molecule has 0 aliphatic heterocycles. The molecule has 4 nitrogen and oxygen atoms in total. The Kier molecular flexibility index (Phi) is 3.34. The van der Waals surface area contributed by atoms with E-state index in [1.54, 1.807) is 19.9 Å². The lowest BCUT2D eigenvalue weighted by Gasteiger charge is -2.06. The highest BCUT2D eigenvalue weighted by atomic mass is 35.5. The summed E-state index contributed by atoms with van der Waals surface area (Å²) in [5.74, 6) is -0.765. The summed E-state index contributed by atoms with van der Waals surface area (Å²) in [4.78, 5) is 12.0. The molecular weight excluding hydrogens is 259 g/mol. The number of nitrogens with zero attached hydrogens (tertiary/aromatic N) is 1. The molecular formula is C12H10ClFN2O2. The van der Waals surface area contributed by atoms with Gasteiger partial charge in [0.15, 0.2) is 5.82 Å². The van der Waals surface area contributed by atoms with Crippen LogP contribution in [0.15, 0.2) is 22.7 Å². The lowest BCUT2D eigenvalue weighted by Crippen LogP contribution is -2.14. The van der Waals surface area contributed by atoms with Crippen molar-refractivity contribution in [1.82, 2.24) is 5.16 Å². The van der Waals surface area contributed by atoms with Gasteiger partial charge in [-0.15, -0.1) is 0 Å². The van der Waals surface area contributed by atoms with Crippen LogP contribution in [0.4, 0.5) is 10.1 Å². The molecule has 0 aliphatic rings. The molecule has 1 amide bonds. The third-order valence-electron chi connectivity index (χ3n) is 2.46. The van der Waals surface area contributed by atoms with Gasteiger partial charge in [-0.25, -0.2) is 4.39 Å². The Hall–Kier alpha value is -1.88. The largest absolute Gasteiger partial charge is 0.361 e. The molecule has 1 aromatic heterocycles. The number of hydrogen-bond donors (Lipinski definition) is 1. The maximum absolute atomic E-state index is 13.6. The van der Waals surface area contributed by atoms with Gasteiger partial charge in [0.1, 0.15) is 11.3 Å². The van der Waals surface area contributed by atoms with Crippen LogP contribution in [0.5, 0.6) is 0 Å². The number of aromatic nitrogens is 1. The van der Waals surface area contributed by atoms with Crippen molar-refractivity contribution in [3.63, 3.8) is 0 Å². The minimum absolute atomic E-state index is 0.0208. The lowest BCUT2D eigenvalue weighted by molar-refractivity contribution is 0.102. The molecule has 0 unspecified atom stereocenters. The van der Waals surface area contributed by atoms with Gasteiger partial charge in [0.2, 0.25) is 0 Å². The quantitative estimate of drug-likeness (QED) is 0.909. The minimum atomic E-state index is -0.667. The number of hydrogen-bond acceptors (Lipinski definition) is 3. The van der Waals surface area contributed by atoms with Crippen molar-refractivity contribution >= 4 is 23.2 Å². The smallest absolute Gasteiger partial charge is 0.261 e. The molecule has 6 heteroatoms. The molecule has 1 heterocycles. The second-order valence-electron chi connectivity index (χ2n) is 3.75. The highest BCUT2D eigenvalue weighted by Gasteiger charge is 2.19. The number of nitrogens with one attached hydrogen (secondary N) is 1. The summed E-state index contributed by atoms with van der Waals surface area (Å²) < 4.78 is 18.5. The molecule has 2 aromatic rings. The fourth-order valence-electron chi connectivity index (χ4n) is 1.59. The first kappa shape index (κ1) is 12.6. The predicted octanol–water partition coefficient (Wildman–Crippen LogP) is 3.34. The Bertz CT molecular complexity index is 591. The number of amides is 1. The van der Waals surface area contributed by atoms with E-state index in [9.17, 15) is 9.18 Å². The third-order valence-corrected chi connectivity index (χ3v) is 2.75. The number of rotatable bonds is 2. The van der Waals surface area contributed by atoms with E-state index in [4.69, 9.17) is 16.1 Å². The molecule has 0 fully saturated rings. The van der Waals surface area contributed by atoms with Gasteiger partial charge in [-0.2, -0.15) is 0 Å². The van der Waals surface area contributed by atoms with E-state index in [1.807, 2.05) is 0 Å². The summed E-state index contributed by atoms with van der Waals surface area (Å²) in [6, 6.07) is 4.38. The molecule has 0 aliphatic carbocycles. The van der Waals surface area contributed by atoms with Gasteiger partial charge in [-0.05, 0) is 26.0 Å². The molecule has 1 aromatic carbocycles. The average Bonchev–Trinajstić information content (AvgIpc) is 2.65. The Balaban J connectivity index is 2.30. The molecule has 94 valence electrons. The second kappa shape index (κ2) is 4.78. The Morgan fingerprint density at radius 1 is 1.44 bits per heavy atom. The highest BCUT2D eigenvalue weighted by Crippen LogP contribution is 2.23. The maximum Gasteiger partial charge on any atom is 0.261 e. The molecule has 0 saturated heterocycles. The molecule has 0 bridgehead atoms. The Morgan fingerprint density at radius 2 is 2.17 bits per heavy atom. The van der Waals surface area contributed by atoms with E-state index in [2.05, 4.69) is 10.5 Å². The molecule has 18 heavy (non-hydrogen) atoms. The summed E-state index contributed by atoms with van der Waals surface area (Å²) in [6.45, 7) is 3.25. The SMILES string of the molecule is Cc1noc(C)c1C(=O)Nc1cccc(Cl)c1F. The summed E-state index contributed by atoms with van der Waals surface area (Å²) >= 11 is 5.63. The van der Waals surface area contributed by atoms with Crippen LogP contribution in [0.3, 0.4) is 0 Å². The normalized spacial score (nSPS) is 10.4. The van der Waals surface area contributed by atoms with Crippen LogP contribution in [0.25, 0.3) is 0 Å². The summed E-state index contributed by atoms with van der Waals surface area (Å²) in [6.07, 6.45) is 0. The Morgan fingerprint density at radius 3 is 2.78 bits per heavy atom. The van der Waals surface area contributed by atoms with Gasteiger partial charge in [-0.1, -0.05) is 22.8 Å². The van der Waals surface area contributed by atoms with Crippen molar-refractivity contribution in [2.75, 3.05) is 5.32 Å². The molecule has 2 rings (SSSR count). The van der Waals surface area contributed by atoms with Crippen LogP contribution in [-0.2, 0) is 0 Å². The van der Waals surface area contributed by atoms with E-state index in [-0.39, 0.29) is 10.7 Å². The zero-order chi connectivity index (χ0) is 13.3. The number of halogens is 2. The zero-order valence-electron chi connectivity index (χ0n) is 9.75. The number of carbonyl (C=O) groups excluding carboxylic acids is 1. The number of carbonyl (C=O) groups is 1. The molecule has 0 atom stereocenters. The first-order valence-corrected chi connectivity index (χ1v) is 5.56. The van der Waals surface area contributed by atoms with Gasteiger partial charge in [-0.3, -0.25) is 4.79 Å². The van der Waals surface area contributed by atoms with E-state index in [0.29, 0.717) is 17.0 Å². The van der Waals surface area contributed by atoms with Crippen molar-refractivity contribution in [2.45, 2.75) is 13.8 Å². The van der Waals surface area contributed by atoms with Gasteiger partial charge in [0.25, 0.3) is 5.91 Å². The van der Waals surface area contributed by atoms with Crippen LogP contribution < -0.4 is 5.32 Å². The average molecular weight is 269 g/mol. The van der Waals surface area contributed by atoms with Crippen molar-refractivity contribution in [1.29, 1.82) is 0 Å². The van der Waals surface area contributed by atoms with Crippen molar-refractivity contribution in [3.8, 4) is 0 Å². The summed E-state index contributed by atoms with van der Waals surface area (Å²) in [7, 11) is 0. The highest BCUT2D eigenvalue weighted by molar-refractivity contribution is 6.31. The number of anilines is 1. The van der Waals surface area contributed by atoms with Crippen LogP contribution >= 0.6 is 11.6 Å². The van der Waals surface area contributed by atoms with Crippen LogP contribution in [-0.4, -0.2) is 11.1 Å². The van der Waals surface area contributed by atoms with Crippen molar-refractivity contribution < 1.29 is 13.7 Å². The minimum Gasteiger partial charge on any atom is -0.361 e. The molecule has 1 N–H and O–H groups in total. The third kappa shape index (κ3) is 2.22. The van der Waals surface area contributed by atoms with Crippen LogP contribution in [0.2, 0.25) is 5.02 Å². The van der Waals surface area contributed by atoms with E-state index in [1.165, 1.54) is 12.1 Å². The fraction of sp³-hybridized carbons (Fsp3) is 0.167. The summed E-state index contributed by atoms with van der Waals surface area (Å²) in [5.41, 5.74) is 0.773. The van der Waals surface area contributed by atoms with Crippen molar-refractivity contribution in [2.24, 2.45) is 0 Å². The monoisotopic (exact) mass is 268 g/mol. The lowest BCUT2D eigenvalue weighted by atomic mass is 10.2. The Labute approximate surface area is 108 Å². The first-order chi connectivity index (χ1) is 8.50. The van der Waals surface area contributed by atoms with Crippen LogP contribution in [0.1, 0.15) is 21.8 Å². The number of benzene rings is 1.